The number of hydrogen-bond acceptors (Lipinski definition) is 0. The molecule has 0 saturated heterocycles. The molecule has 0 aromatic heterocycles. The molecule has 0 aliphatic rings. The molecule has 0 fully saturated rings. The first-order chi connectivity index (χ1) is 9.37. The van der Waals surface area contributed by atoms with Crippen molar-refractivity contribution in [3.8, 4) is 0 Å². The summed E-state index contributed by atoms with van der Waals surface area (Å²) in [6, 6.07) is 0. The van der Waals surface area contributed by atoms with Gasteiger partial charge in [0.1, 0.15) is 0 Å². The Morgan fingerprint density at radius 3 is 0.727 bits per heavy atom. The van der Waals surface area contributed by atoms with E-state index in [4.69, 9.17) is 0 Å². The molecule has 0 saturated carbocycles. The second kappa shape index (κ2) is 5.88. The maximum atomic E-state index is 13.0. The van der Waals surface area contributed by atoms with Gasteiger partial charge in [0.2, 0.25) is 0 Å². The van der Waals surface area contributed by atoms with Crippen LogP contribution in [-0.4, -0.2) is 46.2 Å². The Balaban J connectivity index is 6.19. The molecule has 0 aromatic carbocycles. The van der Waals surface area contributed by atoms with Gasteiger partial charge in [0.15, 0.2) is 0 Å². The summed E-state index contributed by atoms with van der Waals surface area (Å²) in [5.41, 5.74) is 0. The fourth-order valence-corrected chi connectivity index (χ4v) is 1.73. The molecule has 0 aliphatic carbocycles. The van der Waals surface area contributed by atoms with Gasteiger partial charge in [0.05, 0.1) is 10.7 Å². The Kier molecular flexibility index (Phi) is 5.92. The average molecular weight is 488 g/mol. The van der Waals surface area contributed by atoms with Crippen LogP contribution in [0.25, 0.3) is 0 Å². The second-order valence-electron chi connectivity index (χ2n) is 3.97. The second-order valence-corrected chi connectivity index (χ2v) is 5.10. The molecule has 0 bridgehead atoms. The molecule has 0 atom stereocenters. The zero-order valence-corrected chi connectivity index (χ0v) is 12.9. The van der Waals surface area contributed by atoms with Crippen LogP contribution in [0.4, 0.5) is 52.7 Å². The van der Waals surface area contributed by atoms with Gasteiger partial charge in [-0.05, 0) is 0 Å². The number of alkyl halides is 14. The van der Waals surface area contributed by atoms with E-state index in [1.165, 1.54) is 0 Å². The van der Waals surface area contributed by atoms with Crippen molar-refractivity contribution in [2.45, 2.75) is 35.5 Å². The molecule has 22 heavy (non-hydrogen) atoms. The van der Waals surface area contributed by atoms with E-state index in [0.717, 1.165) is 0 Å². The highest BCUT2D eigenvalue weighted by Gasteiger charge is 2.89. The maximum Gasteiger partial charge on any atom is 0.384 e. The third kappa shape index (κ3) is 2.81. The van der Waals surface area contributed by atoms with Crippen LogP contribution in [0, 0.1) is 0 Å². The van der Waals surface area contributed by atoms with E-state index in [2.05, 4.69) is 0 Å². The Bertz CT molecular complexity index is 366. The summed E-state index contributed by atoms with van der Waals surface area (Å²) in [7, 11) is 0. The number of hydrogen-bond donors (Lipinski definition) is 0. The molecule has 0 amide bonds. The van der Waals surface area contributed by atoms with Crippen molar-refractivity contribution in [3.63, 3.8) is 0 Å². The predicted octanol–water partition coefficient (Wildman–Crippen LogP) is 5.59. The summed E-state index contributed by atoms with van der Waals surface area (Å²) in [4.78, 5) is 0. The quantitative estimate of drug-likeness (QED) is 0.324. The number of rotatable bonds is 7. The molecule has 0 nitrogen and oxygen atoms in total. The van der Waals surface area contributed by atoms with Crippen LogP contribution in [0.15, 0.2) is 0 Å². The van der Waals surface area contributed by atoms with Crippen molar-refractivity contribution < 1.29 is 52.7 Å². The van der Waals surface area contributed by atoms with Crippen LogP contribution in [0.2, 0.25) is 0 Å². The molecule has 0 heterocycles. The third-order valence-corrected chi connectivity index (χ3v) is 3.85. The lowest BCUT2D eigenvalue weighted by Crippen LogP contribution is -2.71. The smallest absolute Gasteiger partial charge is 0.199 e. The lowest BCUT2D eigenvalue weighted by atomic mass is 9.92. The van der Waals surface area contributed by atoms with Gasteiger partial charge in [-0.2, -0.15) is 52.7 Å². The van der Waals surface area contributed by atoms with Crippen LogP contribution in [-0.2, 0) is 0 Å². The zero-order chi connectivity index (χ0) is 18.4. The van der Waals surface area contributed by atoms with Gasteiger partial charge in [-0.1, -0.05) is 31.9 Å². The summed E-state index contributed by atoms with van der Waals surface area (Å²) in [5.74, 6) is -40.9. The average Bonchev–Trinajstić information content (AvgIpc) is 2.37. The first kappa shape index (κ1) is 22.1. The fourth-order valence-electron chi connectivity index (χ4n) is 1.02. The molecule has 0 aromatic rings. The van der Waals surface area contributed by atoms with Crippen LogP contribution in [0.5, 0.6) is 0 Å². The Morgan fingerprint density at radius 2 is 0.591 bits per heavy atom. The largest absolute Gasteiger partial charge is 0.384 e. The van der Waals surface area contributed by atoms with Crippen LogP contribution < -0.4 is 0 Å². The molecule has 14 heteroatoms. The molecule has 0 radical (unpaired) electrons. The van der Waals surface area contributed by atoms with Gasteiger partial charge in [0.25, 0.3) is 0 Å². The minimum absolute atomic E-state index is 1.62. The molecular weight excluding hydrogens is 484 g/mol. The van der Waals surface area contributed by atoms with Crippen molar-refractivity contribution in [1.82, 2.24) is 0 Å². The highest BCUT2D eigenvalue weighted by Crippen LogP contribution is 2.60. The van der Waals surface area contributed by atoms with Gasteiger partial charge >= 0.3 is 35.5 Å². The topological polar surface area (TPSA) is 0 Å². The zero-order valence-electron chi connectivity index (χ0n) is 9.71. The van der Waals surface area contributed by atoms with E-state index < -0.39 is 46.2 Å². The summed E-state index contributed by atoms with van der Waals surface area (Å²) in [5, 5.41) is -4.61. The lowest BCUT2D eigenvalue weighted by Gasteiger charge is -2.40. The maximum absolute atomic E-state index is 13.0. The normalized spacial score (nSPS) is 16.1. The van der Waals surface area contributed by atoms with Gasteiger partial charge in [-0.3, -0.25) is 0 Å². The minimum atomic E-state index is -7.48. The van der Waals surface area contributed by atoms with Gasteiger partial charge in [-0.15, -0.1) is 0 Å². The van der Waals surface area contributed by atoms with E-state index in [1.54, 1.807) is 31.9 Å². The minimum Gasteiger partial charge on any atom is -0.199 e. The Morgan fingerprint density at radius 1 is 0.409 bits per heavy atom. The first-order valence-corrected chi connectivity index (χ1v) is 7.00. The molecule has 0 spiro atoms. The van der Waals surface area contributed by atoms with Crippen LogP contribution in [0.3, 0.4) is 0 Å². The van der Waals surface area contributed by atoms with Crippen molar-refractivity contribution in [3.05, 3.63) is 0 Å². The van der Waals surface area contributed by atoms with Crippen molar-refractivity contribution in [1.29, 1.82) is 0 Å². The molecule has 0 unspecified atom stereocenters. The van der Waals surface area contributed by atoms with E-state index >= 15 is 0 Å². The van der Waals surface area contributed by atoms with E-state index in [1.807, 2.05) is 0 Å². The first-order valence-electron chi connectivity index (χ1n) is 4.76. The van der Waals surface area contributed by atoms with Crippen molar-refractivity contribution >= 4 is 31.9 Å². The summed E-state index contributed by atoms with van der Waals surface area (Å²) in [6.45, 7) is 0. The van der Waals surface area contributed by atoms with Gasteiger partial charge in [0, 0.05) is 0 Å². The summed E-state index contributed by atoms with van der Waals surface area (Å²) >= 11 is 3.24. The standard InChI is InChI=1S/C8H4Br2F12/c9-1-3(11,12)5(15,16)7(19,20)8(21,22)6(17,18)4(13,14)2-10/h1-2H2. The van der Waals surface area contributed by atoms with Crippen molar-refractivity contribution in [2.24, 2.45) is 0 Å². The van der Waals surface area contributed by atoms with E-state index in [-0.39, 0.29) is 0 Å². The van der Waals surface area contributed by atoms with Crippen LogP contribution >= 0.6 is 31.9 Å². The number of halogens is 14. The van der Waals surface area contributed by atoms with E-state index in [9.17, 15) is 52.7 Å². The molecular formula is C8H4Br2F12. The van der Waals surface area contributed by atoms with Crippen LogP contribution in [0.1, 0.15) is 0 Å². The van der Waals surface area contributed by atoms with Gasteiger partial charge in [-0.25, -0.2) is 0 Å². The molecule has 0 N–H and O–H groups in total. The fraction of sp³-hybridized carbons (Fsp3) is 1.00. The molecule has 134 valence electrons. The summed E-state index contributed by atoms with van der Waals surface area (Å²) in [6.07, 6.45) is 0. The Hall–Kier alpha value is 0.120. The monoisotopic (exact) mass is 486 g/mol. The van der Waals surface area contributed by atoms with E-state index in [0.29, 0.717) is 0 Å². The predicted molar refractivity (Wildman–Crippen MR) is 57.3 cm³/mol. The third-order valence-electron chi connectivity index (χ3n) is 2.44. The highest BCUT2D eigenvalue weighted by atomic mass is 79.9. The Labute approximate surface area is 131 Å². The molecule has 0 aliphatic heterocycles. The van der Waals surface area contributed by atoms with Crippen molar-refractivity contribution in [2.75, 3.05) is 10.7 Å². The summed E-state index contributed by atoms with van der Waals surface area (Å²) < 4.78 is 154. The lowest BCUT2D eigenvalue weighted by molar-refractivity contribution is -0.420. The highest BCUT2D eigenvalue weighted by molar-refractivity contribution is 9.09. The molecule has 0 rings (SSSR count). The van der Waals surface area contributed by atoms with Gasteiger partial charge < -0.3 is 0 Å². The SMILES string of the molecule is FC(F)(CBr)C(F)(F)C(F)(F)C(F)(F)C(F)(F)C(F)(F)CBr.